The van der Waals surface area contributed by atoms with Gasteiger partial charge in [-0.15, -0.1) is 0 Å². The van der Waals surface area contributed by atoms with Gasteiger partial charge in [0.25, 0.3) is 0 Å². The Morgan fingerprint density at radius 2 is 1.78 bits per heavy atom. The van der Waals surface area contributed by atoms with Crippen LogP contribution < -0.4 is 0 Å². The van der Waals surface area contributed by atoms with Crippen molar-refractivity contribution in [1.29, 1.82) is 0 Å². The van der Waals surface area contributed by atoms with Gasteiger partial charge in [0.15, 0.2) is 0 Å². The molecule has 0 bridgehead atoms. The highest BCUT2D eigenvalue weighted by atomic mass is 35.5. The highest BCUT2D eigenvalue weighted by Gasteiger charge is 2.23. The molecule has 0 N–H and O–H groups in total. The van der Waals surface area contributed by atoms with Crippen LogP contribution in [-0.4, -0.2) is 14.5 Å². The number of fused-ring (bicyclic) bond motifs is 1. The Hall–Kier alpha value is -2.72. The smallest absolute Gasteiger partial charge is 0.123 e. The Morgan fingerprint density at radius 1 is 1.07 bits per heavy atom. The topological polar surface area (TPSA) is 30.7 Å². The van der Waals surface area contributed by atoms with Crippen LogP contribution in [0.4, 0.5) is 4.39 Å². The predicted octanol–water partition coefficient (Wildman–Crippen LogP) is 6.53. The normalized spacial score (nSPS) is 12.4. The summed E-state index contributed by atoms with van der Waals surface area (Å²) >= 11 is 6.28. The summed E-state index contributed by atoms with van der Waals surface area (Å²) in [5.41, 5.74) is 5.82. The molecule has 0 saturated heterocycles. The van der Waals surface area contributed by atoms with Gasteiger partial charge in [0, 0.05) is 35.8 Å². The van der Waals surface area contributed by atoms with Gasteiger partial charge >= 0.3 is 0 Å². The van der Waals surface area contributed by atoms with Gasteiger partial charge in [-0.05, 0) is 49.2 Å². The molecule has 4 aromatic rings. The number of hydrogen-bond donors (Lipinski definition) is 0. The summed E-state index contributed by atoms with van der Waals surface area (Å²) in [5, 5.41) is 0.594. The van der Waals surface area contributed by atoms with Crippen LogP contribution in [0.15, 0.2) is 61.1 Å². The van der Waals surface area contributed by atoms with Crippen molar-refractivity contribution >= 4 is 22.6 Å². The average Bonchev–Trinajstić information content (AvgIpc) is 3.03. The molecule has 27 heavy (non-hydrogen) atoms. The molecule has 1 aromatic carbocycles. The van der Waals surface area contributed by atoms with Crippen LogP contribution in [-0.2, 0) is 0 Å². The zero-order chi connectivity index (χ0) is 19.0. The van der Waals surface area contributed by atoms with E-state index in [9.17, 15) is 4.39 Å². The van der Waals surface area contributed by atoms with E-state index in [0.717, 1.165) is 39.8 Å². The molecule has 0 saturated carbocycles. The van der Waals surface area contributed by atoms with Crippen LogP contribution in [0.3, 0.4) is 0 Å². The maximum Gasteiger partial charge on any atom is 0.123 e. The third kappa shape index (κ3) is 3.10. The third-order valence-electron chi connectivity index (χ3n) is 4.93. The van der Waals surface area contributed by atoms with Gasteiger partial charge in [0.05, 0.1) is 21.7 Å². The second-order valence-electron chi connectivity index (χ2n) is 6.61. The Bertz CT molecular complexity index is 1090. The molecular formula is C22H19ClFN3. The van der Waals surface area contributed by atoms with Crippen molar-refractivity contribution in [2.24, 2.45) is 0 Å². The van der Waals surface area contributed by atoms with Crippen molar-refractivity contribution in [3.05, 3.63) is 71.9 Å². The van der Waals surface area contributed by atoms with E-state index in [1.54, 1.807) is 30.7 Å². The minimum Gasteiger partial charge on any atom is -0.336 e. The van der Waals surface area contributed by atoms with Crippen LogP contribution in [0.25, 0.3) is 33.4 Å². The molecule has 0 amide bonds. The summed E-state index contributed by atoms with van der Waals surface area (Å²) in [6.07, 6.45) is 6.18. The van der Waals surface area contributed by atoms with Crippen LogP contribution in [0.1, 0.15) is 26.3 Å². The molecule has 4 rings (SSSR count). The molecule has 3 heterocycles. The van der Waals surface area contributed by atoms with Crippen molar-refractivity contribution in [3.63, 3.8) is 0 Å². The maximum atomic E-state index is 13.5. The van der Waals surface area contributed by atoms with E-state index in [1.165, 1.54) is 12.1 Å². The second-order valence-corrected chi connectivity index (χ2v) is 7.05. The number of pyridine rings is 2. The van der Waals surface area contributed by atoms with Crippen molar-refractivity contribution in [2.45, 2.75) is 26.3 Å². The van der Waals surface area contributed by atoms with Crippen LogP contribution in [0.5, 0.6) is 0 Å². The average molecular weight is 380 g/mol. The first-order chi connectivity index (χ1) is 13.1. The molecule has 1 atom stereocenters. The van der Waals surface area contributed by atoms with Gasteiger partial charge < -0.3 is 4.57 Å². The maximum absolute atomic E-state index is 13.5. The predicted molar refractivity (Wildman–Crippen MR) is 108 cm³/mol. The van der Waals surface area contributed by atoms with Gasteiger partial charge in [0.1, 0.15) is 5.82 Å². The fourth-order valence-corrected chi connectivity index (χ4v) is 3.63. The van der Waals surface area contributed by atoms with E-state index in [4.69, 9.17) is 11.6 Å². The molecule has 0 aliphatic carbocycles. The van der Waals surface area contributed by atoms with E-state index >= 15 is 0 Å². The zero-order valence-electron chi connectivity index (χ0n) is 15.2. The Labute approximate surface area is 162 Å². The van der Waals surface area contributed by atoms with E-state index in [-0.39, 0.29) is 11.9 Å². The number of nitrogens with zero attached hydrogens (tertiary/aromatic N) is 3. The lowest BCUT2D eigenvalue weighted by atomic mass is 10.0. The molecule has 0 aliphatic rings. The first-order valence-corrected chi connectivity index (χ1v) is 9.33. The number of hydrogen-bond acceptors (Lipinski definition) is 2. The van der Waals surface area contributed by atoms with Gasteiger partial charge in [-0.2, -0.15) is 0 Å². The molecule has 136 valence electrons. The molecule has 0 radical (unpaired) electrons. The largest absolute Gasteiger partial charge is 0.336 e. The SMILES string of the molecule is CCC(C)n1c(-c2ccncc2)c(-c2ccc(F)cc2)c2ncc(Cl)cc21. The summed E-state index contributed by atoms with van der Waals surface area (Å²) in [6, 6.07) is 12.7. The third-order valence-corrected chi connectivity index (χ3v) is 5.13. The molecule has 0 spiro atoms. The lowest BCUT2D eigenvalue weighted by Gasteiger charge is -2.18. The lowest BCUT2D eigenvalue weighted by molar-refractivity contribution is 0.553. The summed E-state index contributed by atoms with van der Waals surface area (Å²) < 4.78 is 15.8. The number of aromatic nitrogens is 3. The summed E-state index contributed by atoms with van der Waals surface area (Å²) in [7, 11) is 0. The van der Waals surface area contributed by atoms with Crippen LogP contribution in [0.2, 0.25) is 5.02 Å². The molecule has 1 unspecified atom stereocenters. The zero-order valence-corrected chi connectivity index (χ0v) is 15.9. The van der Waals surface area contributed by atoms with Crippen LogP contribution >= 0.6 is 11.6 Å². The minimum absolute atomic E-state index is 0.241. The van der Waals surface area contributed by atoms with Gasteiger partial charge in [-0.1, -0.05) is 30.7 Å². The number of rotatable bonds is 4. The molecule has 0 aliphatic heterocycles. The highest BCUT2D eigenvalue weighted by Crippen LogP contribution is 2.42. The highest BCUT2D eigenvalue weighted by molar-refractivity contribution is 6.31. The van der Waals surface area contributed by atoms with E-state index in [1.807, 2.05) is 18.2 Å². The van der Waals surface area contributed by atoms with Gasteiger partial charge in [0.2, 0.25) is 0 Å². The Balaban J connectivity index is 2.16. The second kappa shape index (κ2) is 7.12. The Morgan fingerprint density at radius 3 is 2.44 bits per heavy atom. The molecule has 5 heteroatoms. The minimum atomic E-state index is -0.258. The number of benzene rings is 1. The van der Waals surface area contributed by atoms with E-state index < -0.39 is 0 Å². The first-order valence-electron chi connectivity index (χ1n) is 8.96. The lowest BCUT2D eigenvalue weighted by Crippen LogP contribution is -2.06. The fourth-order valence-electron chi connectivity index (χ4n) is 3.48. The number of halogens is 2. The summed E-state index contributed by atoms with van der Waals surface area (Å²) in [4.78, 5) is 8.79. The quantitative estimate of drug-likeness (QED) is 0.403. The molecular weight excluding hydrogens is 361 g/mol. The van der Waals surface area contributed by atoms with Crippen molar-refractivity contribution in [2.75, 3.05) is 0 Å². The Kier molecular flexibility index (Phi) is 4.66. The molecule has 3 aromatic heterocycles. The van der Waals surface area contributed by atoms with Crippen LogP contribution in [0, 0.1) is 5.82 Å². The van der Waals surface area contributed by atoms with E-state index in [0.29, 0.717) is 5.02 Å². The molecule has 0 fully saturated rings. The van der Waals surface area contributed by atoms with E-state index in [2.05, 4.69) is 28.4 Å². The van der Waals surface area contributed by atoms with Gasteiger partial charge in [-0.25, -0.2) is 4.39 Å². The summed E-state index contributed by atoms with van der Waals surface area (Å²) in [5.74, 6) is -0.258. The molecule has 3 nitrogen and oxygen atoms in total. The first kappa shape index (κ1) is 17.7. The van der Waals surface area contributed by atoms with Crippen molar-refractivity contribution < 1.29 is 4.39 Å². The standard InChI is InChI=1S/C22H19ClFN3/c1-3-14(2)27-19-12-17(23)13-26-21(19)20(15-4-6-18(24)7-5-15)22(27)16-8-10-25-11-9-16/h4-14H,3H2,1-2H3. The summed E-state index contributed by atoms with van der Waals surface area (Å²) in [6.45, 7) is 4.34. The monoisotopic (exact) mass is 379 g/mol. The van der Waals surface area contributed by atoms with Gasteiger partial charge in [-0.3, -0.25) is 9.97 Å². The van der Waals surface area contributed by atoms with Crippen molar-refractivity contribution in [1.82, 2.24) is 14.5 Å². The fraction of sp³-hybridized carbons (Fsp3) is 0.182. The van der Waals surface area contributed by atoms with Crippen molar-refractivity contribution in [3.8, 4) is 22.4 Å².